The van der Waals surface area contributed by atoms with Gasteiger partial charge in [-0.2, -0.15) is 5.26 Å². The summed E-state index contributed by atoms with van der Waals surface area (Å²) in [6, 6.07) is 5.98. The number of carbonyl (C=O) groups excluding carboxylic acids is 1. The molecule has 0 amide bonds. The van der Waals surface area contributed by atoms with Crippen molar-refractivity contribution in [3.05, 3.63) is 41.4 Å². The second kappa shape index (κ2) is 6.88. The van der Waals surface area contributed by atoms with Crippen LogP contribution >= 0.6 is 22.7 Å². The van der Waals surface area contributed by atoms with Crippen LogP contribution in [0.25, 0.3) is 11.6 Å². The average molecular weight is 361 g/mol. The van der Waals surface area contributed by atoms with Crippen molar-refractivity contribution in [3.8, 4) is 6.07 Å². The van der Waals surface area contributed by atoms with E-state index in [2.05, 4.69) is 0 Å². The van der Waals surface area contributed by atoms with Crippen molar-refractivity contribution in [2.24, 2.45) is 5.41 Å². The molecule has 2 heterocycles. The number of aromatic nitrogens is 1. The Bertz CT molecular complexity index is 992. The molecule has 0 fully saturated rings. The lowest BCUT2D eigenvalue weighted by atomic mass is 9.87. The zero-order chi connectivity index (χ0) is 18.1. The highest BCUT2D eigenvalue weighted by Gasteiger charge is 2.27. The molecule has 0 saturated carbocycles. The Hall–Kier alpha value is -1.97. The summed E-state index contributed by atoms with van der Waals surface area (Å²) < 4.78 is 2.51. The number of thiophene rings is 1. The molecule has 0 N–H and O–H groups in total. The number of carbonyl (C=O) groups is 1. The van der Waals surface area contributed by atoms with Crippen LogP contribution in [0.1, 0.15) is 37.4 Å². The van der Waals surface area contributed by atoms with Gasteiger partial charge in [0.25, 0.3) is 5.56 Å². The maximum absolute atomic E-state index is 12.6. The van der Waals surface area contributed by atoms with Crippen LogP contribution in [-0.4, -0.2) is 10.4 Å². The Labute approximate surface area is 149 Å². The maximum atomic E-state index is 12.6. The first-order valence-corrected chi connectivity index (χ1v) is 9.29. The predicted molar refractivity (Wildman–Crippen MR) is 99.6 cm³/mol. The van der Waals surface area contributed by atoms with Crippen LogP contribution in [0.3, 0.4) is 0 Å². The number of rotatable bonds is 3. The number of nitrogens with zero attached hydrogens (tertiary/aromatic N) is 2. The standard InChI is InChI=1S/C18H20N2O2S2/c1-6-20-16(22)14(9-12-8-7-11(2)23-12)24-17(20)13(10-19)15(21)18(3,4)5/h7-9H,6H2,1-5H3/b14-9-,17-13+. The Morgan fingerprint density at radius 2 is 2.00 bits per heavy atom. The van der Waals surface area contributed by atoms with Gasteiger partial charge in [-0.05, 0) is 32.1 Å². The number of Topliss-reactive ketones (excluding diaryl/α,β-unsaturated/α-hetero) is 1. The highest BCUT2D eigenvalue weighted by Crippen LogP contribution is 2.19. The number of nitriles is 1. The van der Waals surface area contributed by atoms with Gasteiger partial charge in [0, 0.05) is 21.7 Å². The van der Waals surface area contributed by atoms with E-state index in [1.807, 2.05) is 38.1 Å². The van der Waals surface area contributed by atoms with Crippen LogP contribution in [0.2, 0.25) is 0 Å². The molecule has 0 atom stereocenters. The van der Waals surface area contributed by atoms with Crippen LogP contribution in [0.15, 0.2) is 16.9 Å². The topological polar surface area (TPSA) is 62.9 Å². The van der Waals surface area contributed by atoms with Gasteiger partial charge in [-0.1, -0.05) is 20.8 Å². The van der Waals surface area contributed by atoms with E-state index in [4.69, 9.17) is 0 Å². The molecule has 0 radical (unpaired) electrons. The van der Waals surface area contributed by atoms with Gasteiger partial charge >= 0.3 is 0 Å². The summed E-state index contributed by atoms with van der Waals surface area (Å²) in [4.78, 5) is 27.4. The van der Waals surface area contributed by atoms with Gasteiger partial charge < -0.3 is 0 Å². The third kappa shape index (κ3) is 3.58. The van der Waals surface area contributed by atoms with Crippen molar-refractivity contribution in [3.63, 3.8) is 0 Å². The van der Waals surface area contributed by atoms with E-state index >= 15 is 0 Å². The van der Waals surface area contributed by atoms with Crippen LogP contribution in [0.5, 0.6) is 0 Å². The molecule has 24 heavy (non-hydrogen) atoms. The molecule has 0 aliphatic heterocycles. The lowest BCUT2D eigenvalue weighted by Crippen LogP contribution is -2.33. The SMILES string of the molecule is CCn1c(=O)/c(=C/c2ccc(C)s2)s/c1=C(\C#N)C(=O)C(C)(C)C. The monoisotopic (exact) mass is 360 g/mol. The molecule has 2 aromatic rings. The van der Waals surface area contributed by atoms with Crippen molar-refractivity contribution >= 4 is 40.1 Å². The number of hydrogen-bond acceptors (Lipinski definition) is 5. The minimum absolute atomic E-state index is 0.0634. The van der Waals surface area contributed by atoms with E-state index < -0.39 is 5.41 Å². The van der Waals surface area contributed by atoms with Gasteiger partial charge in [0.15, 0.2) is 5.78 Å². The third-order valence-corrected chi connectivity index (χ3v) is 5.57. The van der Waals surface area contributed by atoms with Crippen LogP contribution < -0.4 is 14.8 Å². The van der Waals surface area contributed by atoms with Crippen LogP contribution in [-0.2, 0) is 11.3 Å². The maximum Gasteiger partial charge on any atom is 0.269 e. The molecule has 0 aromatic carbocycles. The summed E-state index contributed by atoms with van der Waals surface area (Å²) in [6.45, 7) is 9.59. The number of thiazole rings is 1. The molecule has 4 nitrogen and oxygen atoms in total. The molecule has 0 saturated heterocycles. The summed E-state index contributed by atoms with van der Waals surface area (Å²) in [5, 5.41) is 9.50. The number of ketones is 1. The molecule has 0 aliphatic carbocycles. The lowest BCUT2D eigenvalue weighted by molar-refractivity contribution is -0.120. The van der Waals surface area contributed by atoms with E-state index in [0.29, 0.717) is 15.7 Å². The Balaban J connectivity index is 2.82. The summed E-state index contributed by atoms with van der Waals surface area (Å²) in [7, 11) is 0. The van der Waals surface area contributed by atoms with E-state index in [0.717, 1.165) is 4.88 Å². The van der Waals surface area contributed by atoms with E-state index in [-0.39, 0.29) is 16.9 Å². The van der Waals surface area contributed by atoms with Gasteiger partial charge in [-0.15, -0.1) is 22.7 Å². The van der Waals surface area contributed by atoms with Gasteiger partial charge in [0.1, 0.15) is 16.3 Å². The van der Waals surface area contributed by atoms with Crippen molar-refractivity contribution in [2.75, 3.05) is 0 Å². The second-order valence-electron chi connectivity index (χ2n) is 6.48. The predicted octanol–water partition coefficient (Wildman–Crippen LogP) is 2.42. The van der Waals surface area contributed by atoms with E-state index in [1.165, 1.54) is 20.8 Å². The summed E-state index contributed by atoms with van der Waals surface area (Å²) in [6.07, 6.45) is 1.83. The van der Waals surface area contributed by atoms with E-state index in [1.54, 1.807) is 32.1 Å². The van der Waals surface area contributed by atoms with Crippen LogP contribution in [0, 0.1) is 23.7 Å². The molecule has 2 aromatic heterocycles. The van der Waals surface area contributed by atoms with Crippen molar-refractivity contribution in [1.29, 1.82) is 5.26 Å². The Morgan fingerprint density at radius 1 is 1.33 bits per heavy atom. The van der Waals surface area contributed by atoms with Gasteiger partial charge in [-0.25, -0.2) is 0 Å². The summed E-state index contributed by atoms with van der Waals surface area (Å²) >= 11 is 2.82. The normalized spacial score (nSPS) is 13.8. The average Bonchev–Trinajstić information content (AvgIpc) is 3.04. The number of hydrogen-bond donors (Lipinski definition) is 0. The molecule has 0 spiro atoms. The number of aryl methyl sites for hydroxylation is 1. The molecule has 0 bridgehead atoms. The van der Waals surface area contributed by atoms with Crippen molar-refractivity contribution in [1.82, 2.24) is 4.57 Å². The van der Waals surface area contributed by atoms with Gasteiger partial charge in [-0.3, -0.25) is 14.2 Å². The fraction of sp³-hybridized carbons (Fsp3) is 0.389. The Morgan fingerprint density at radius 3 is 2.46 bits per heavy atom. The van der Waals surface area contributed by atoms with Crippen LogP contribution in [0.4, 0.5) is 0 Å². The molecular formula is C18H20N2O2S2. The highest BCUT2D eigenvalue weighted by molar-refractivity contribution is 7.13. The fourth-order valence-corrected chi connectivity index (χ4v) is 4.27. The van der Waals surface area contributed by atoms with Gasteiger partial charge in [0.2, 0.25) is 0 Å². The Kier molecular flexibility index (Phi) is 5.26. The minimum atomic E-state index is -0.668. The van der Waals surface area contributed by atoms with Crippen molar-refractivity contribution in [2.45, 2.75) is 41.2 Å². The largest absolute Gasteiger partial charge is 0.298 e. The first-order valence-electron chi connectivity index (χ1n) is 7.66. The minimum Gasteiger partial charge on any atom is -0.298 e. The quantitative estimate of drug-likeness (QED) is 0.844. The second-order valence-corrected chi connectivity index (χ2v) is 8.83. The molecule has 0 aliphatic rings. The van der Waals surface area contributed by atoms with Crippen molar-refractivity contribution < 1.29 is 4.79 Å². The molecule has 6 heteroatoms. The summed E-state index contributed by atoms with van der Waals surface area (Å²) in [5.74, 6) is -0.244. The highest BCUT2D eigenvalue weighted by atomic mass is 32.1. The lowest BCUT2D eigenvalue weighted by Gasteiger charge is -2.15. The molecule has 126 valence electrons. The molecule has 2 rings (SSSR count). The van der Waals surface area contributed by atoms with Gasteiger partial charge in [0.05, 0.1) is 4.53 Å². The zero-order valence-electron chi connectivity index (χ0n) is 14.5. The first-order chi connectivity index (χ1) is 11.2. The zero-order valence-corrected chi connectivity index (χ0v) is 16.1. The van der Waals surface area contributed by atoms with E-state index in [9.17, 15) is 14.9 Å². The summed E-state index contributed by atoms with van der Waals surface area (Å²) in [5.41, 5.74) is -0.759. The smallest absolute Gasteiger partial charge is 0.269 e. The fourth-order valence-electron chi connectivity index (χ4n) is 2.22. The molecule has 0 unspecified atom stereocenters. The first kappa shape index (κ1) is 18.4. The molecular weight excluding hydrogens is 340 g/mol. The third-order valence-electron chi connectivity index (χ3n) is 3.49.